The van der Waals surface area contributed by atoms with Crippen LogP contribution in [0.5, 0.6) is 5.75 Å². The van der Waals surface area contributed by atoms with Gasteiger partial charge in [0.05, 0.1) is 13.7 Å². The van der Waals surface area contributed by atoms with Crippen LogP contribution in [-0.4, -0.2) is 67.5 Å². The summed E-state index contributed by atoms with van der Waals surface area (Å²) in [6, 6.07) is 8.02. The van der Waals surface area contributed by atoms with Crippen LogP contribution >= 0.6 is 0 Å². The maximum absolute atomic E-state index is 12.6. The molecule has 1 aromatic carbocycles. The van der Waals surface area contributed by atoms with Crippen molar-refractivity contribution >= 4 is 11.8 Å². The molecule has 0 radical (unpaired) electrons. The van der Waals surface area contributed by atoms with Crippen molar-refractivity contribution in [3.8, 4) is 5.75 Å². The predicted molar refractivity (Wildman–Crippen MR) is 100 cm³/mol. The average Bonchev–Trinajstić information content (AvgIpc) is 3.04. The van der Waals surface area contributed by atoms with Crippen molar-refractivity contribution in [2.75, 3.05) is 39.8 Å². The summed E-state index contributed by atoms with van der Waals surface area (Å²) in [6.07, 6.45) is 3.43. The normalized spacial score (nSPS) is 23.7. The van der Waals surface area contributed by atoms with Gasteiger partial charge in [-0.3, -0.25) is 14.5 Å². The van der Waals surface area contributed by atoms with E-state index < -0.39 is 0 Å². The fourth-order valence-corrected chi connectivity index (χ4v) is 4.05. The van der Waals surface area contributed by atoms with Gasteiger partial charge in [-0.05, 0) is 37.0 Å². The monoisotopic (exact) mass is 359 g/mol. The number of ether oxygens (including phenoxy) is 1. The standard InChI is InChI=1S/C20H29N3O3/c1-15(24)21-19-13-22(14-20(25)23-10-4-3-5-11-23)12-18(19)16-6-8-17(26-2)9-7-16/h6-9,18-19H,3-5,10-14H2,1-2H3,(H,21,24)/t18-,19+/m1/s1. The number of likely N-dealkylation sites (tertiary alicyclic amines) is 2. The van der Waals surface area contributed by atoms with Crippen LogP contribution < -0.4 is 10.1 Å². The van der Waals surface area contributed by atoms with E-state index in [-0.39, 0.29) is 23.8 Å². The van der Waals surface area contributed by atoms with Gasteiger partial charge in [0.25, 0.3) is 0 Å². The van der Waals surface area contributed by atoms with E-state index in [1.54, 1.807) is 14.0 Å². The van der Waals surface area contributed by atoms with Crippen molar-refractivity contribution in [3.05, 3.63) is 29.8 Å². The third kappa shape index (κ3) is 4.55. The largest absolute Gasteiger partial charge is 0.497 e. The molecular weight excluding hydrogens is 330 g/mol. The number of carbonyl (C=O) groups excluding carboxylic acids is 2. The Kier molecular flexibility index (Phi) is 6.14. The van der Waals surface area contributed by atoms with Gasteiger partial charge in [-0.25, -0.2) is 0 Å². The third-order valence-electron chi connectivity index (χ3n) is 5.40. The number of nitrogens with one attached hydrogen (secondary N) is 1. The van der Waals surface area contributed by atoms with Gasteiger partial charge in [0.15, 0.2) is 0 Å². The number of nitrogens with zero attached hydrogens (tertiary/aromatic N) is 2. The molecule has 6 heteroatoms. The number of methoxy groups -OCH3 is 1. The molecule has 2 aliphatic rings. The Morgan fingerprint density at radius 3 is 2.42 bits per heavy atom. The second-order valence-corrected chi connectivity index (χ2v) is 7.32. The van der Waals surface area contributed by atoms with Crippen LogP contribution in [0.15, 0.2) is 24.3 Å². The number of carbonyl (C=O) groups is 2. The number of rotatable bonds is 5. The van der Waals surface area contributed by atoms with Gasteiger partial charge in [-0.1, -0.05) is 12.1 Å². The molecule has 2 saturated heterocycles. The molecule has 0 unspecified atom stereocenters. The molecule has 2 heterocycles. The average molecular weight is 359 g/mol. The zero-order valence-electron chi connectivity index (χ0n) is 15.7. The highest BCUT2D eigenvalue weighted by Crippen LogP contribution is 2.29. The summed E-state index contributed by atoms with van der Waals surface area (Å²) >= 11 is 0. The van der Waals surface area contributed by atoms with E-state index >= 15 is 0 Å². The lowest BCUT2D eigenvalue weighted by molar-refractivity contribution is -0.133. The number of amides is 2. The summed E-state index contributed by atoms with van der Waals surface area (Å²) < 4.78 is 5.23. The second-order valence-electron chi connectivity index (χ2n) is 7.32. The van der Waals surface area contributed by atoms with E-state index in [4.69, 9.17) is 4.74 Å². The maximum Gasteiger partial charge on any atom is 0.236 e. The number of hydrogen-bond acceptors (Lipinski definition) is 4. The van der Waals surface area contributed by atoms with Crippen LogP contribution in [0.25, 0.3) is 0 Å². The smallest absolute Gasteiger partial charge is 0.236 e. The first-order valence-electron chi connectivity index (χ1n) is 9.48. The van der Waals surface area contributed by atoms with Gasteiger partial charge >= 0.3 is 0 Å². The molecule has 2 aliphatic heterocycles. The summed E-state index contributed by atoms with van der Waals surface area (Å²) in [5.41, 5.74) is 1.16. The quantitative estimate of drug-likeness (QED) is 0.868. The van der Waals surface area contributed by atoms with Crippen molar-refractivity contribution in [1.29, 1.82) is 0 Å². The number of piperidine rings is 1. The van der Waals surface area contributed by atoms with E-state index in [0.717, 1.165) is 43.8 Å². The van der Waals surface area contributed by atoms with Crippen molar-refractivity contribution in [2.24, 2.45) is 0 Å². The summed E-state index contributed by atoms with van der Waals surface area (Å²) in [5, 5.41) is 3.06. The van der Waals surface area contributed by atoms with Crippen molar-refractivity contribution in [1.82, 2.24) is 15.1 Å². The Hall–Kier alpha value is -2.08. The highest BCUT2D eigenvalue weighted by atomic mass is 16.5. The molecule has 0 bridgehead atoms. The van der Waals surface area contributed by atoms with Gasteiger partial charge < -0.3 is 15.0 Å². The lowest BCUT2D eigenvalue weighted by Crippen LogP contribution is -2.43. The molecule has 0 saturated carbocycles. The predicted octanol–water partition coefficient (Wildman–Crippen LogP) is 1.61. The molecule has 2 atom stereocenters. The first kappa shape index (κ1) is 18.7. The Morgan fingerprint density at radius 2 is 1.81 bits per heavy atom. The zero-order chi connectivity index (χ0) is 18.5. The first-order valence-corrected chi connectivity index (χ1v) is 9.48. The van der Waals surface area contributed by atoms with Gasteiger partial charge in [0.2, 0.25) is 11.8 Å². The topological polar surface area (TPSA) is 61.9 Å². The molecule has 2 amide bonds. The van der Waals surface area contributed by atoms with Crippen molar-refractivity contribution < 1.29 is 14.3 Å². The van der Waals surface area contributed by atoms with Crippen LogP contribution in [0.2, 0.25) is 0 Å². The van der Waals surface area contributed by atoms with Crippen LogP contribution in [0.1, 0.15) is 37.7 Å². The molecule has 3 rings (SSSR count). The van der Waals surface area contributed by atoms with Crippen LogP contribution in [0, 0.1) is 0 Å². The number of benzene rings is 1. The van der Waals surface area contributed by atoms with Crippen LogP contribution in [0.3, 0.4) is 0 Å². The lowest BCUT2D eigenvalue weighted by Gasteiger charge is -2.28. The van der Waals surface area contributed by atoms with E-state index in [9.17, 15) is 9.59 Å². The minimum absolute atomic E-state index is 0.0232. The van der Waals surface area contributed by atoms with E-state index in [0.29, 0.717) is 13.1 Å². The van der Waals surface area contributed by atoms with Gasteiger partial charge in [0, 0.05) is 45.1 Å². The highest BCUT2D eigenvalue weighted by molar-refractivity contribution is 5.78. The van der Waals surface area contributed by atoms with E-state index in [1.807, 2.05) is 29.2 Å². The minimum atomic E-state index is -0.0299. The highest BCUT2D eigenvalue weighted by Gasteiger charge is 2.35. The summed E-state index contributed by atoms with van der Waals surface area (Å²) in [6.45, 7) is 5.22. The first-order chi connectivity index (χ1) is 12.6. The molecular formula is C20H29N3O3. The third-order valence-corrected chi connectivity index (χ3v) is 5.40. The molecule has 1 aromatic rings. The molecule has 142 valence electrons. The molecule has 0 spiro atoms. The minimum Gasteiger partial charge on any atom is -0.497 e. The fourth-order valence-electron chi connectivity index (χ4n) is 4.05. The molecule has 0 aliphatic carbocycles. The van der Waals surface area contributed by atoms with Crippen molar-refractivity contribution in [3.63, 3.8) is 0 Å². The molecule has 26 heavy (non-hydrogen) atoms. The fraction of sp³-hybridized carbons (Fsp3) is 0.600. The molecule has 1 N–H and O–H groups in total. The van der Waals surface area contributed by atoms with E-state index in [2.05, 4.69) is 10.2 Å². The van der Waals surface area contributed by atoms with Gasteiger partial charge in [-0.15, -0.1) is 0 Å². The van der Waals surface area contributed by atoms with E-state index in [1.165, 1.54) is 6.42 Å². The Bertz CT molecular complexity index is 626. The van der Waals surface area contributed by atoms with Gasteiger partial charge in [0.1, 0.15) is 5.75 Å². The number of hydrogen-bond donors (Lipinski definition) is 1. The summed E-state index contributed by atoms with van der Waals surface area (Å²) in [5.74, 6) is 1.18. The SMILES string of the molecule is COc1ccc([C@H]2CN(CC(=O)N3CCCCC3)C[C@@H]2NC(C)=O)cc1. The molecule has 6 nitrogen and oxygen atoms in total. The zero-order valence-corrected chi connectivity index (χ0v) is 15.7. The summed E-state index contributed by atoms with van der Waals surface area (Å²) in [7, 11) is 1.65. The maximum atomic E-state index is 12.6. The Labute approximate surface area is 155 Å². The van der Waals surface area contributed by atoms with Crippen LogP contribution in [-0.2, 0) is 9.59 Å². The summed E-state index contributed by atoms with van der Waals surface area (Å²) in [4.78, 5) is 28.4. The molecule has 2 fully saturated rings. The second kappa shape index (κ2) is 8.54. The van der Waals surface area contributed by atoms with Gasteiger partial charge in [-0.2, -0.15) is 0 Å². The Balaban J connectivity index is 1.67. The molecule has 0 aromatic heterocycles. The Morgan fingerprint density at radius 1 is 1.12 bits per heavy atom. The van der Waals surface area contributed by atoms with Crippen molar-refractivity contribution in [2.45, 2.75) is 38.1 Å². The van der Waals surface area contributed by atoms with Crippen LogP contribution in [0.4, 0.5) is 0 Å². The lowest BCUT2D eigenvalue weighted by atomic mass is 9.94.